The Kier molecular flexibility index (Phi) is 5.69. The molecule has 1 fully saturated rings. The van der Waals surface area contributed by atoms with E-state index in [1.807, 2.05) is 19.1 Å². The van der Waals surface area contributed by atoms with Crippen molar-refractivity contribution in [2.24, 2.45) is 0 Å². The molecule has 4 rings (SSSR count). The molecule has 1 aliphatic carbocycles. The van der Waals surface area contributed by atoms with Crippen LogP contribution in [0.2, 0.25) is 0 Å². The van der Waals surface area contributed by atoms with Gasteiger partial charge in [-0.1, -0.05) is 19.8 Å². The second kappa shape index (κ2) is 8.55. The number of hydrogen-bond donors (Lipinski definition) is 3. The first-order valence-electron chi connectivity index (χ1n) is 10.2. The van der Waals surface area contributed by atoms with Crippen molar-refractivity contribution in [1.82, 2.24) is 25.3 Å². The quantitative estimate of drug-likeness (QED) is 0.589. The molecule has 1 saturated carbocycles. The van der Waals surface area contributed by atoms with Gasteiger partial charge in [0.05, 0.1) is 6.20 Å². The van der Waals surface area contributed by atoms with Crippen LogP contribution in [-0.4, -0.2) is 37.9 Å². The van der Waals surface area contributed by atoms with Gasteiger partial charge in [0, 0.05) is 41.8 Å². The fourth-order valence-electron chi connectivity index (χ4n) is 3.90. The Hall–Kier alpha value is -3.03. The van der Waals surface area contributed by atoms with E-state index in [0.717, 1.165) is 48.7 Å². The molecule has 7 nitrogen and oxygen atoms in total. The molecule has 0 radical (unpaired) electrons. The Morgan fingerprint density at radius 2 is 2.10 bits per heavy atom. The van der Waals surface area contributed by atoms with E-state index in [1.165, 1.54) is 6.20 Å². The zero-order valence-corrected chi connectivity index (χ0v) is 16.4. The van der Waals surface area contributed by atoms with Crippen LogP contribution < -0.4 is 10.6 Å². The van der Waals surface area contributed by atoms with E-state index in [9.17, 15) is 9.18 Å². The molecule has 152 valence electrons. The largest absolute Gasteiger partial charge is 0.363 e. The van der Waals surface area contributed by atoms with Crippen LogP contribution in [-0.2, 0) is 4.79 Å². The van der Waals surface area contributed by atoms with Crippen LogP contribution in [0.3, 0.4) is 0 Å². The number of rotatable bonds is 6. The Morgan fingerprint density at radius 1 is 1.28 bits per heavy atom. The first kappa shape index (κ1) is 19.3. The molecule has 2 atom stereocenters. The van der Waals surface area contributed by atoms with Crippen LogP contribution in [0, 0.1) is 5.82 Å². The molecule has 29 heavy (non-hydrogen) atoms. The van der Waals surface area contributed by atoms with E-state index < -0.39 is 5.82 Å². The number of carbonyl (C=O) groups excluding carboxylic acids is 1. The van der Waals surface area contributed by atoms with Gasteiger partial charge >= 0.3 is 0 Å². The lowest BCUT2D eigenvalue weighted by Gasteiger charge is -2.33. The highest BCUT2D eigenvalue weighted by Crippen LogP contribution is 2.28. The van der Waals surface area contributed by atoms with Crippen LogP contribution in [0.15, 0.2) is 30.7 Å². The lowest BCUT2D eigenvalue weighted by molar-refractivity contribution is -0.122. The van der Waals surface area contributed by atoms with Gasteiger partial charge in [-0.15, -0.1) is 0 Å². The van der Waals surface area contributed by atoms with E-state index in [-0.39, 0.29) is 23.8 Å². The molecular formula is C21H25FN6O. The maximum absolute atomic E-state index is 14.5. The van der Waals surface area contributed by atoms with Gasteiger partial charge in [0.25, 0.3) is 0 Å². The van der Waals surface area contributed by atoms with Crippen molar-refractivity contribution < 1.29 is 9.18 Å². The van der Waals surface area contributed by atoms with Crippen LogP contribution in [0.4, 0.5) is 10.2 Å². The number of amides is 1. The average Bonchev–Trinajstić information content (AvgIpc) is 3.15. The first-order chi connectivity index (χ1) is 14.2. The molecule has 3 heterocycles. The van der Waals surface area contributed by atoms with E-state index in [0.29, 0.717) is 12.2 Å². The van der Waals surface area contributed by atoms with Gasteiger partial charge in [-0.25, -0.2) is 19.3 Å². The normalized spacial score (nSPS) is 19.2. The third kappa shape index (κ3) is 4.21. The standard InChI is InChI=1S/C21H25FN6O/c1-2-6-18(29)26-16-8-3-4-9-17(16)27-21-15(22)12-25-20(28-21)14-11-24-19-13(14)7-5-10-23-19/h5,7,10-12,16-17H,2-4,6,8-9H2,1H3,(H,23,24)(H,26,29)(H,25,27,28). The Balaban J connectivity index is 1.58. The lowest BCUT2D eigenvalue weighted by atomic mass is 9.90. The van der Waals surface area contributed by atoms with Crippen molar-refractivity contribution in [1.29, 1.82) is 0 Å². The number of aromatic nitrogens is 4. The number of aromatic amines is 1. The zero-order chi connectivity index (χ0) is 20.2. The molecule has 8 heteroatoms. The van der Waals surface area contributed by atoms with Crippen LogP contribution >= 0.6 is 0 Å². The molecule has 3 aromatic heterocycles. The number of nitrogens with one attached hydrogen (secondary N) is 3. The van der Waals surface area contributed by atoms with Gasteiger partial charge in [0.2, 0.25) is 5.91 Å². The molecule has 2 unspecified atom stereocenters. The molecule has 3 N–H and O–H groups in total. The van der Waals surface area contributed by atoms with Crippen LogP contribution in [0.1, 0.15) is 45.4 Å². The minimum atomic E-state index is -0.504. The molecule has 0 aliphatic heterocycles. The summed E-state index contributed by atoms with van der Waals surface area (Å²) < 4.78 is 14.5. The topological polar surface area (TPSA) is 95.6 Å². The molecule has 3 aromatic rings. The summed E-state index contributed by atoms with van der Waals surface area (Å²) in [7, 11) is 0. The maximum atomic E-state index is 14.5. The molecule has 0 saturated heterocycles. The number of halogens is 1. The predicted octanol–water partition coefficient (Wildman–Crippen LogP) is 3.80. The third-order valence-corrected chi connectivity index (χ3v) is 5.35. The molecule has 0 spiro atoms. The molecule has 1 amide bonds. The molecule has 0 bridgehead atoms. The minimum absolute atomic E-state index is 0.0297. The second-order valence-electron chi connectivity index (χ2n) is 7.45. The Bertz CT molecular complexity index is 1000. The van der Waals surface area contributed by atoms with Crippen molar-refractivity contribution in [3.63, 3.8) is 0 Å². The van der Waals surface area contributed by atoms with Gasteiger partial charge in [-0.3, -0.25) is 4.79 Å². The lowest BCUT2D eigenvalue weighted by Crippen LogP contribution is -2.48. The number of H-pyrrole nitrogens is 1. The second-order valence-corrected chi connectivity index (χ2v) is 7.45. The average molecular weight is 396 g/mol. The van der Waals surface area contributed by atoms with E-state index in [4.69, 9.17) is 0 Å². The molecular weight excluding hydrogens is 371 g/mol. The predicted molar refractivity (Wildman–Crippen MR) is 110 cm³/mol. The van der Waals surface area contributed by atoms with Gasteiger partial charge < -0.3 is 15.6 Å². The number of nitrogens with zero attached hydrogens (tertiary/aromatic N) is 3. The van der Waals surface area contributed by atoms with Crippen LogP contribution in [0.5, 0.6) is 0 Å². The van der Waals surface area contributed by atoms with Gasteiger partial charge in [-0.2, -0.15) is 0 Å². The Labute approximate surface area is 168 Å². The van der Waals surface area contributed by atoms with Crippen molar-refractivity contribution >= 4 is 22.8 Å². The number of pyridine rings is 1. The summed E-state index contributed by atoms with van der Waals surface area (Å²) in [4.78, 5) is 28.0. The highest BCUT2D eigenvalue weighted by atomic mass is 19.1. The van der Waals surface area contributed by atoms with E-state index in [2.05, 4.69) is 30.6 Å². The molecule has 0 aromatic carbocycles. The summed E-state index contributed by atoms with van der Waals surface area (Å²) in [6, 6.07) is 3.67. The number of anilines is 1. The minimum Gasteiger partial charge on any atom is -0.363 e. The first-order valence-corrected chi connectivity index (χ1v) is 10.2. The summed E-state index contributed by atoms with van der Waals surface area (Å²) in [5.41, 5.74) is 1.50. The van der Waals surface area contributed by atoms with Crippen molar-refractivity contribution in [2.45, 2.75) is 57.5 Å². The number of hydrogen-bond acceptors (Lipinski definition) is 5. The number of carbonyl (C=O) groups is 1. The van der Waals surface area contributed by atoms with Crippen molar-refractivity contribution in [3.8, 4) is 11.4 Å². The summed E-state index contributed by atoms with van der Waals surface area (Å²) in [6.07, 6.45) is 9.80. The Morgan fingerprint density at radius 3 is 2.93 bits per heavy atom. The van der Waals surface area contributed by atoms with Crippen molar-refractivity contribution in [2.75, 3.05) is 5.32 Å². The third-order valence-electron chi connectivity index (χ3n) is 5.35. The monoisotopic (exact) mass is 396 g/mol. The maximum Gasteiger partial charge on any atom is 0.220 e. The zero-order valence-electron chi connectivity index (χ0n) is 16.4. The van der Waals surface area contributed by atoms with Gasteiger partial charge in [0.15, 0.2) is 17.5 Å². The summed E-state index contributed by atoms with van der Waals surface area (Å²) in [5, 5.41) is 7.21. The highest BCUT2D eigenvalue weighted by molar-refractivity contribution is 5.91. The fraction of sp³-hybridized carbons (Fsp3) is 0.429. The van der Waals surface area contributed by atoms with Gasteiger partial charge in [0.1, 0.15) is 5.65 Å². The van der Waals surface area contributed by atoms with E-state index >= 15 is 0 Å². The van der Waals surface area contributed by atoms with E-state index in [1.54, 1.807) is 12.4 Å². The number of fused-ring (bicyclic) bond motifs is 1. The fourth-order valence-corrected chi connectivity index (χ4v) is 3.90. The van der Waals surface area contributed by atoms with Crippen molar-refractivity contribution in [3.05, 3.63) is 36.5 Å². The summed E-state index contributed by atoms with van der Waals surface area (Å²) in [6.45, 7) is 1.98. The summed E-state index contributed by atoms with van der Waals surface area (Å²) >= 11 is 0. The van der Waals surface area contributed by atoms with Crippen LogP contribution in [0.25, 0.3) is 22.4 Å². The SMILES string of the molecule is CCCC(=O)NC1CCCCC1Nc1nc(-c2c[nH]c3ncccc23)ncc1F. The summed E-state index contributed by atoms with van der Waals surface area (Å²) in [5.74, 6) is 0.127. The molecule has 1 aliphatic rings. The smallest absolute Gasteiger partial charge is 0.220 e. The highest BCUT2D eigenvalue weighted by Gasteiger charge is 2.27. The van der Waals surface area contributed by atoms with Gasteiger partial charge in [-0.05, 0) is 31.4 Å².